The molecule has 2 aliphatic rings. The van der Waals surface area contributed by atoms with E-state index in [9.17, 15) is 8.42 Å². The molecule has 2 rings (SSSR count). The highest BCUT2D eigenvalue weighted by atomic mass is 32.2. The Morgan fingerprint density at radius 1 is 1.38 bits per heavy atom. The van der Waals surface area contributed by atoms with E-state index in [-0.39, 0.29) is 29.3 Å². The molecule has 0 bridgehead atoms. The summed E-state index contributed by atoms with van der Waals surface area (Å²) in [5.74, 6) is 0.405. The molecule has 1 N–H and O–H groups in total. The first-order chi connectivity index (χ1) is 5.88. The molecule has 2 heterocycles. The van der Waals surface area contributed by atoms with Gasteiger partial charge in [0.25, 0.3) is 0 Å². The quantitative estimate of drug-likeness (QED) is 0.582. The monoisotopic (exact) mass is 205 g/mol. The van der Waals surface area contributed by atoms with E-state index in [1.807, 2.05) is 13.8 Å². The first-order valence-corrected chi connectivity index (χ1v) is 6.32. The molecule has 0 aromatic carbocycles. The van der Waals surface area contributed by atoms with Crippen molar-refractivity contribution >= 4 is 9.84 Å². The number of fused-ring (bicyclic) bond motifs is 1. The van der Waals surface area contributed by atoms with E-state index in [2.05, 4.69) is 5.32 Å². The molecule has 76 valence electrons. The number of rotatable bonds is 0. The fourth-order valence-corrected chi connectivity index (χ4v) is 3.77. The van der Waals surface area contributed by atoms with E-state index in [0.29, 0.717) is 0 Å². The fraction of sp³-hybridized carbons (Fsp3) is 1.00. The van der Waals surface area contributed by atoms with E-state index >= 15 is 0 Å². The van der Waals surface area contributed by atoms with Crippen molar-refractivity contribution in [3.05, 3.63) is 0 Å². The Bertz CT molecular complexity index is 309. The van der Waals surface area contributed by atoms with Gasteiger partial charge in [0.2, 0.25) is 0 Å². The Hall–Kier alpha value is -0.130. The number of ether oxygens (including phenoxy) is 1. The van der Waals surface area contributed by atoms with Gasteiger partial charge in [0.15, 0.2) is 9.84 Å². The molecular weight excluding hydrogens is 190 g/mol. The minimum absolute atomic E-state index is 0.0121. The van der Waals surface area contributed by atoms with Crippen LogP contribution >= 0.6 is 0 Å². The summed E-state index contributed by atoms with van der Waals surface area (Å²) in [7, 11) is -2.87. The summed E-state index contributed by atoms with van der Waals surface area (Å²) in [4.78, 5) is 0. The van der Waals surface area contributed by atoms with Crippen molar-refractivity contribution in [2.24, 2.45) is 0 Å². The van der Waals surface area contributed by atoms with Crippen molar-refractivity contribution in [2.75, 3.05) is 18.1 Å². The number of hydrogen-bond donors (Lipinski definition) is 1. The summed E-state index contributed by atoms with van der Waals surface area (Å²) >= 11 is 0. The molecule has 0 radical (unpaired) electrons. The summed E-state index contributed by atoms with van der Waals surface area (Å²) in [6.45, 7) is 4.67. The predicted molar refractivity (Wildman–Crippen MR) is 49.4 cm³/mol. The second-order valence-corrected chi connectivity index (χ2v) is 6.63. The zero-order valence-electron chi connectivity index (χ0n) is 7.91. The van der Waals surface area contributed by atoms with Gasteiger partial charge < -0.3 is 10.1 Å². The summed E-state index contributed by atoms with van der Waals surface area (Å²) in [6, 6.07) is 0.0121. The summed E-state index contributed by atoms with van der Waals surface area (Å²) < 4.78 is 28.3. The lowest BCUT2D eigenvalue weighted by Gasteiger charge is -2.38. The Morgan fingerprint density at radius 2 is 2.08 bits per heavy atom. The van der Waals surface area contributed by atoms with Gasteiger partial charge in [-0.1, -0.05) is 0 Å². The number of morpholine rings is 1. The van der Waals surface area contributed by atoms with Gasteiger partial charge in [-0.2, -0.15) is 0 Å². The van der Waals surface area contributed by atoms with E-state index in [4.69, 9.17) is 4.74 Å². The van der Waals surface area contributed by atoms with Gasteiger partial charge in [-0.05, 0) is 13.8 Å². The third-order valence-electron chi connectivity index (χ3n) is 2.56. The third-order valence-corrected chi connectivity index (χ3v) is 4.26. The van der Waals surface area contributed by atoms with Crippen molar-refractivity contribution in [3.63, 3.8) is 0 Å². The highest BCUT2D eigenvalue weighted by molar-refractivity contribution is 7.91. The standard InChI is InChI=1S/C8H15NO3S/c1-8(2)5-9-6-3-13(10,11)4-7(6)12-8/h6-7,9H,3-5H2,1-2H3. The molecule has 2 aliphatic heterocycles. The van der Waals surface area contributed by atoms with E-state index < -0.39 is 9.84 Å². The Morgan fingerprint density at radius 3 is 2.77 bits per heavy atom. The Balaban J connectivity index is 2.15. The predicted octanol–water partition coefficient (Wildman–Crippen LogP) is -0.450. The molecule has 0 amide bonds. The lowest BCUT2D eigenvalue weighted by Crippen LogP contribution is -2.56. The van der Waals surface area contributed by atoms with Gasteiger partial charge in [-0.25, -0.2) is 8.42 Å². The first-order valence-electron chi connectivity index (χ1n) is 4.50. The van der Waals surface area contributed by atoms with Crippen LogP contribution in [0.15, 0.2) is 0 Å². The molecule has 0 spiro atoms. The van der Waals surface area contributed by atoms with Crippen molar-refractivity contribution in [3.8, 4) is 0 Å². The largest absolute Gasteiger partial charge is 0.368 e. The molecule has 4 nitrogen and oxygen atoms in total. The Labute approximate surface area is 78.6 Å². The molecule has 0 aromatic rings. The van der Waals surface area contributed by atoms with Crippen molar-refractivity contribution in [2.45, 2.75) is 31.6 Å². The van der Waals surface area contributed by atoms with Gasteiger partial charge in [0.05, 0.1) is 23.2 Å². The van der Waals surface area contributed by atoms with E-state index in [1.54, 1.807) is 0 Å². The molecule has 5 heteroatoms. The molecule has 2 unspecified atom stereocenters. The van der Waals surface area contributed by atoms with Gasteiger partial charge >= 0.3 is 0 Å². The normalized spacial score (nSPS) is 41.4. The van der Waals surface area contributed by atoms with Crippen LogP contribution in [0.1, 0.15) is 13.8 Å². The first kappa shape index (κ1) is 9.43. The smallest absolute Gasteiger partial charge is 0.154 e. The molecule has 2 atom stereocenters. The lowest BCUT2D eigenvalue weighted by atomic mass is 10.0. The summed E-state index contributed by atoms with van der Waals surface area (Å²) in [5.41, 5.74) is -0.235. The van der Waals surface area contributed by atoms with Gasteiger partial charge in [-0.15, -0.1) is 0 Å². The van der Waals surface area contributed by atoms with Crippen LogP contribution in [0.3, 0.4) is 0 Å². The SMILES string of the molecule is CC1(C)CNC2CS(=O)(=O)CC2O1. The average Bonchev–Trinajstić information content (AvgIpc) is 2.20. The van der Waals surface area contributed by atoms with Crippen LogP contribution in [0.5, 0.6) is 0 Å². The highest BCUT2D eigenvalue weighted by Gasteiger charge is 2.44. The van der Waals surface area contributed by atoms with Gasteiger partial charge in [0, 0.05) is 12.6 Å². The molecule has 0 saturated carbocycles. The minimum atomic E-state index is -2.87. The highest BCUT2D eigenvalue weighted by Crippen LogP contribution is 2.25. The van der Waals surface area contributed by atoms with Crippen molar-refractivity contribution < 1.29 is 13.2 Å². The minimum Gasteiger partial charge on any atom is -0.368 e. The molecular formula is C8H15NO3S. The molecule has 0 aromatic heterocycles. The second-order valence-electron chi connectivity index (χ2n) is 4.48. The second kappa shape index (κ2) is 2.68. The zero-order chi connectivity index (χ0) is 9.69. The third kappa shape index (κ3) is 1.87. The summed E-state index contributed by atoms with van der Waals surface area (Å²) in [5, 5.41) is 3.22. The van der Waals surface area contributed by atoms with Gasteiger partial charge in [0.1, 0.15) is 0 Å². The van der Waals surface area contributed by atoms with Crippen LogP contribution in [0.25, 0.3) is 0 Å². The van der Waals surface area contributed by atoms with Crippen LogP contribution in [0.4, 0.5) is 0 Å². The fourth-order valence-electron chi connectivity index (χ4n) is 1.95. The van der Waals surface area contributed by atoms with Gasteiger partial charge in [-0.3, -0.25) is 0 Å². The maximum absolute atomic E-state index is 11.3. The molecule has 2 fully saturated rings. The van der Waals surface area contributed by atoms with Crippen LogP contribution in [-0.4, -0.2) is 44.2 Å². The lowest BCUT2D eigenvalue weighted by molar-refractivity contribution is -0.0975. The zero-order valence-corrected chi connectivity index (χ0v) is 8.73. The molecule has 0 aliphatic carbocycles. The van der Waals surface area contributed by atoms with Crippen molar-refractivity contribution in [1.29, 1.82) is 0 Å². The maximum atomic E-state index is 11.3. The number of nitrogens with one attached hydrogen (secondary N) is 1. The molecule has 13 heavy (non-hydrogen) atoms. The summed E-state index contributed by atoms with van der Waals surface area (Å²) in [6.07, 6.45) is -0.145. The topological polar surface area (TPSA) is 55.4 Å². The maximum Gasteiger partial charge on any atom is 0.154 e. The number of hydrogen-bond acceptors (Lipinski definition) is 4. The van der Waals surface area contributed by atoms with E-state index in [0.717, 1.165) is 6.54 Å². The van der Waals surface area contributed by atoms with Crippen LogP contribution in [-0.2, 0) is 14.6 Å². The average molecular weight is 205 g/mol. The Kier molecular flexibility index (Phi) is 1.94. The van der Waals surface area contributed by atoms with Crippen LogP contribution in [0, 0.1) is 0 Å². The van der Waals surface area contributed by atoms with Crippen LogP contribution in [0.2, 0.25) is 0 Å². The van der Waals surface area contributed by atoms with Crippen LogP contribution < -0.4 is 5.32 Å². The van der Waals surface area contributed by atoms with E-state index in [1.165, 1.54) is 0 Å². The molecule has 2 saturated heterocycles. The van der Waals surface area contributed by atoms with Crippen molar-refractivity contribution in [1.82, 2.24) is 5.32 Å². The number of sulfone groups is 1.